The first-order valence-electron chi connectivity index (χ1n) is 12.8. The molecule has 0 spiro atoms. The number of aliphatic hydroxyl groups excluding tert-OH is 1. The van der Waals surface area contributed by atoms with Gasteiger partial charge in [-0.05, 0) is 47.7 Å². The molecular formula is C27H29ClF2N8O4. The molecule has 0 radical (unpaired) electrons. The number of anilines is 1. The Morgan fingerprint density at radius 2 is 2.02 bits per heavy atom. The van der Waals surface area contributed by atoms with Crippen molar-refractivity contribution in [2.75, 3.05) is 38.2 Å². The highest BCUT2D eigenvalue weighted by molar-refractivity contribution is 6.31. The van der Waals surface area contributed by atoms with E-state index in [0.717, 1.165) is 0 Å². The lowest BCUT2D eigenvalue weighted by Crippen LogP contribution is -2.45. The summed E-state index contributed by atoms with van der Waals surface area (Å²) in [5.41, 5.74) is 0.469. The quantitative estimate of drug-likeness (QED) is 0.0564. The van der Waals surface area contributed by atoms with Crippen LogP contribution in [0.3, 0.4) is 0 Å². The number of halogens is 3. The van der Waals surface area contributed by atoms with Crippen LogP contribution in [-0.4, -0.2) is 66.9 Å². The molecule has 6 N–H and O–H groups in total. The lowest BCUT2D eigenvalue weighted by molar-refractivity contribution is -0.121. The van der Waals surface area contributed by atoms with Gasteiger partial charge in [0.1, 0.15) is 24.1 Å². The Kier molecular flexibility index (Phi) is 12.6. The molecule has 1 aromatic heterocycles. The number of nitriles is 1. The van der Waals surface area contributed by atoms with Crippen molar-refractivity contribution in [1.82, 2.24) is 26.3 Å². The van der Waals surface area contributed by atoms with E-state index in [4.69, 9.17) is 26.7 Å². The second-order valence-corrected chi connectivity index (χ2v) is 9.17. The average Bonchev–Trinajstić information content (AvgIpc) is 2.96. The Hall–Kier alpha value is -4.58. The van der Waals surface area contributed by atoms with Crippen LogP contribution in [0.25, 0.3) is 10.8 Å². The van der Waals surface area contributed by atoms with E-state index in [0.29, 0.717) is 29.3 Å². The fourth-order valence-electron chi connectivity index (χ4n) is 3.59. The maximum atomic E-state index is 13.7. The standard InChI is InChI=1S/C27H29ClF2N8O4/c28-25-18(3-1-4-22(25)30)11-32-14-24(40)37-21(13-35-26(36-16-31)33-7-2-8-39)15-42-27(41)38-23-10-19-9-20(29)6-5-17(19)12-34-23/h1,3-6,9-10,12,21,32,39H,2,7-8,11,13-15H2,(H,37,40)(H2,33,35,36)(H,34,38,41)/t21-/m0/s1. The maximum absolute atomic E-state index is 13.7. The summed E-state index contributed by atoms with van der Waals surface area (Å²) < 4.78 is 32.5. The van der Waals surface area contributed by atoms with E-state index >= 15 is 0 Å². The van der Waals surface area contributed by atoms with Gasteiger partial charge in [-0.1, -0.05) is 23.7 Å². The first-order valence-corrected chi connectivity index (χ1v) is 13.1. The molecule has 2 amide bonds. The molecule has 222 valence electrons. The molecular weight excluding hydrogens is 574 g/mol. The Labute approximate surface area is 245 Å². The maximum Gasteiger partial charge on any atom is 0.412 e. The van der Waals surface area contributed by atoms with Crippen LogP contribution in [0.4, 0.5) is 19.4 Å². The summed E-state index contributed by atoms with van der Waals surface area (Å²) >= 11 is 5.94. The number of aliphatic imine (C=N–C) groups is 1. The van der Waals surface area contributed by atoms with E-state index in [1.807, 2.05) is 0 Å². The zero-order valence-electron chi connectivity index (χ0n) is 22.3. The Bertz CT molecular complexity index is 1450. The molecule has 0 saturated heterocycles. The monoisotopic (exact) mass is 602 g/mol. The van der Waals surface area contributed by atoms with Gasteiger partial charge in [0.2, 0.25) is 11.9 Å². The molecule has 12 nitrogen and oxygen atoms in total. The highest BCUT2D eigenvalue weighted by atomic mass is 35.5. The third-order valence-corrected chi connectivity index (χ3v) is 6.02. The first-order chi connectivity index (χ1) is 20.3. The topological polar surface area (TPSA) is 173 Å². The van der Waals surface area contributed by atoms with Gasteiger partial charge >= 0.3 is 6.09 Å². The highest BCUT2D eigenvalue weighted by Gasteiger charge is 2.16. The van der Waals surface area contributed by atoms with Gasteiger partial charge in [0, 0.05) is 31.3 Å². The minimum absolute atomic E-state index is 0.0470. The lowest BCUT2D eigenvalue weighted by atomic mass is 10.2. The Morgan fingerprint density at radius 1 is 1.19 bits per heavy atom. The minimum Gasteiger partial charge on any atom is -0.447 e. The number of nitrogens with one attached hydrogen (secondary N) is 5. The van der Waals surface area contributed by atoms with E-state index in [1.165, 1.54) is 36.5 Å². The van der Waals surface area contributed by atoms with Gasteiger partial charge in [0.25, 0.3) is 0 Å². The molecule has 0 aliphatic heterocycles. The number of carbonyl (C=O) groups is 2. The van der Waals surface area contributed by atoms with E-state index in [9.17, 15) is 18.4 Å². The largest absolute Gasteiger partial charge is 0.447 e. The molecule has 0 fully saturated rings. The molecule has 0 unspecified atom stereocenters. The van der Waals surface area contributed by atoms with Crippen LogP contribution in [0.1, 0.15) is 12.0 Å². The minimum atomic E-state index is -0.878. The molecule has 3 aromatic rings. The lowest BCUT2D eigenvalue weighted by Gasteiger charge is -2.18. The third-order valence-electron chi connectivity index (χ3n) is 5.60. The second kappa shape index (κ2) is 16.6. The molecule has 0 aliphatic carbocycles. The van der Waals surface area contributed by atoms with Crippen LogP contribution in [0.2, 0.25) is 5.02 Å². The van der Waals surface area contributed by atoms with Crippen LogP contribution in [-0.2, 0) is 16.1 Å². The van der Waals surface area contributed by atoms with Gasteiger partial charge in [-0.3, -0.25) is 20.4 Å². The number of hydrogen-bond acceptors (Lipinski definition) is 8. The zero-order valence-corrected chi connectivity index (χ0v) is 23.0. The van der Waals surface area contributed by atoms with Gasteiger partial charge in [-0.2, -0.15) is 5.26 Å². The van der Waals surface area contributed by atoms with E-state index in [1.54, 1.807) is 18.3 Å². The zero-order chi connectivity index (χ0) is 30.3. The van der Waals surface area contributed by atoms with E-state index in [-0.39, 0.29) is 49.6 Å². The number of pyridine rings is 1. The van der Waals surface area contributed by atoms with Crippen LogP contribution in [0.15, 0.2) is 53.7 Å². The van der Waals surface area contributed by atoms with Gasteiger partial charge in [-0.15, -0.1) is 0 Å². The molecule has 0 aliphatic rings. The fraction of sp³-hybridized carbons (Fsp3) is 0.296. The molecule has 0 saturated carbocycles. The van der Waals surface area contributed by atoms with E-state index in [2.05, 4.69) is 36.6 Å². The van der Waals surface area contributed by atoms with Gasteiger partial charge < -0.3 is 25.8 Å². The number of amides is 2. The number of hydrogen-bond donors (Lipinski definition) is 6. The van der Waals surface area contributed by atoms with E-state index < -0.39 is 29.7 Å². The van der Waals surface area contributed by atoms with Crippen molar-refractivity contribution in [2.24, 2.45) is 4.99 Å². The number of rotatable bonds is 13. The Morgan fingerprint density at radius 3 is 2.81 bits per heavy atom. The number of aliphatic hydroxyl groups is 1. The predicted molar refractivity (Wildman–Crippen MR) is 152 cm³/mol. The normalized spacial score (nSPS) is 11.8. The second-order valence-electron chi connectivity index (χ2n) is 8.80. The summed E-state index contributed by atoms with van der Waals surface area (Å²) in [6.45, 7) is -0.194. The van der Waals surface area contributed by atoms with Gasteiger partial charge in [-0.25, -0.2) is 18.6 Å². The summed E-state index contributed by atoms with van der Waals surface area (Å²) in [5, 5.41) is 32.3. The van der Waals surface area contributed by atoms with Crippen molar-refractivity contribution in [1.29, 1.82) is 5.26 Å². The van der Waals surface area contributed by atoms with Crippen molar-refractivity contribution in [3.05, 3.63) is 70.9 Å². The molecule has 0 bridgehead atoms. The summed E-state index contributed by atoms with van der Waals surface area (Å²) in [7, 11) is 0. The highest BCUT2D eigenvalue weighted by Crippen LogP contribution is 2.19. The number of nitrogens with zero attached hydrogens (tertiary/aromatic N) is 3. The summed E-state index contributed by atoms with van der Waals surface area (Å²) in [6.07, 6.45) is 2.74. The van der Waals surface area contributed by atoms with Crippen molar-refractivity contribution in [3.63, 3.8) is 0 Å². The summed E-state index contributed by atoms with van der Waals surface area (Å²) in [4.78, 5) is 33.4. The fourth-order valence-corrected chi connectivity index (χ4v) is 3.78. The van der Waals surface area contributed by atoms with Crippen molar-refractivity contribution >= 4 is 46.2 Å². The molecule has 1 heterocycles. The predicted octanol–water partition coefficient (Wildman–Crippen LogP) is 2.39. The molecule has 42 heavy (non-hydrogen) atoms. The summed E-state index contributed by atoms with van der Waals surface area (Å²) in [5.74, 6) is -1.26. The molecule has 3 rings (SSSR count). The number of benzene rings is 2. The number of fused-ring (bicyclic) bond motifs is 1. The Balaban J connectivity index is 1.61. The van der Waals surface area contributed by atoms with Gasteiger partial charge in [0.05, 0.1) is 24.2 Å². The van der Waals surface area contributed by atoms with Crippen molar-refractivity contribution in [2.45, 2.75) is 19.0 Å². The van der Waals surface area contributed by atoms with Crippen molar-refractivity contribution in [3.8, 4) is 6.19 Å². The van der Waals surface area contributed by atoms with Crippen LogP contribution >= 0.6 is 11.6 Å². The van der Waals surface area contributed by atoms with Crippen LogP contribution in [0, 0.1) is 23.1 Å². The van der Waals surface area contributed by atoms with Crippen molar-refractivity contribution < 1.29 is 28.2 Å². The number of guanidine groups is 1. The SMILES string of the molecule is N#CNC(=NC[C@@H](COC(=O)Nc1cc2cc(F)ccc2cn1)NC(=O)CNCc1cccc(F)c1Cl)NCCCO. The number of aromatic nitrogens is 1. The molecule has 1 atom stereocenters. The smallest absolute Gasteiger partial charge is 0.412 e. The van der Waals surface area contributed by atoms with Crippen LogP contribution < -0.4 is 26.6 Å². The van der Waals surface area contributed by atoms with Crippen LogP contribution in [0.5, 0.6) is 0 Å². The molecule has 2 aromatic carbocycles. The first kappa shape index (κ1) is 31.9. The summed E-state index contributed by atoms with van der Waals surface area (Å²) in [6, 6.07) is 9.17. The number of ether oxygens (including phenoxy) is 1. The number of carbonyl (C=O) groups excluding carboxylic acids is 2. The van der Waals surface area contributed by atoms with Gasteiger partial charge in [0.15, 0.2) is 6.19 Å². The average molecular weight is 603 g/mol. The third kappa shape index (κ3) is 10.4. The molecule has 15 heteroatoms.